The highest BCUT2D eigenvalue weighted by atomic mass is 16.2. The molecule has 3 atom stereocenters. The first kappa shape index (κ1) is 20.1. The van der Waals surface area contributed by atoms with E-state index in [1.807, 2.05) is 61.5 Å². The molecule has 148 valence electrons. The van der Waals surface area contributed by atoms with E-state index in [4.69, 9.17) is 0 Å². The van der Waals surface area contributed by atoms with Gasteiger partial charge in [0.05, 0.1) is 12.5 Å². The van der Waals surface area contributed by atoms with Crippen LogP contribution in [0.15, 0.2) is 54.6 Å². The quantitative estimate of drug-likeness (QED) is 0.723. The zero-order valence-electron chi connectivity index (χ0n) is 16.6. The van der Waals surface area contributed by atoms with Gasteiger partial charge in [-0.05, 0) is 50.0 Å². The number of rotatable bonds is 6. The number of nitrogens with one attached hydrogen (secondary N) is 3. The molecule has 1 fully saturated rings. The monoisotopic (exact) mass is 379 g/mol. The average Bonchev–Trinajstić information content (AvgIpc) is 2.70. The Hall–Kier alpha value is -2.66. The van der Waals surface area contributed by atoms with Gasteiger partial charge in [-0.25, -0.2) is 0 Å². The molecule has 2 aromatic carbocycles. The van der Waals surface area contributed by atoms with E-state index < -0.39 is 0 Å². The molecule has 3 N–H and O–H groups in total. The molecule has 2 amide bonds. The number of carbonyl (C=O) groups excluding carboxylic acids is 2. The van der Waals surface area contributed by atoms with Gasteiger partial charge in [-0.2, -0.15) is 0 Å². The Morgan fingerprint density at radius 1 is 1.11 bits per heavy atom. The van der Waals surface area contributed by atoms with Crippen LogP contribution in [0.5, 0.6) is 0 Å². The first-order valence-corrected chi connectivity index (χ1v) is 9.95. The van der Waals surface area contributed by atoms with Crippen LogP contribution in [-0.2, 0) is 4.79 Å². The van der Waals surface area contributed by atoms with Crippen molar-refractivity contribution in [3.8, 4) is 0 Å². The van der Waals surface area contributed by atoms with E-state index in [0.717, 1.165) is 30.6 Å². The summed E-state index contributed by atoms with van der Waals surface area (Å²) in [6, 6.07) is 16.9. The van der Waals surface area contributed by atoms with E-state index in [9.17, 15) is 9.59 Å². The third-order valence-corrected chi connectivity index (χ3v) is 5.34. The third kappa shape index (κ3) is 5.42. The van der Waals surface area contributed by atoms with Crippen molar-refractivity contribution in [3.05, 3.63) is 71.3 Å². The summed E-state index contributed by atoms with van der Waals surface area (Å²) in [5, 5.41) is 9.54. The molecule has 28 heavy (non-hydrogen) atoms. The Kier molecular flexibility index (Phi) is 6.82. The van der Waals surface area contributed by atoms with Gasteiger partial charge in [0, 0.05) is 11.6 Å². The summed E-state index contributed by atoms with van der Waals surface area (Å²) in [6.07, 6.45) is 1.15. The van der Waals surface area contributed by atoms with Gasteiger partial charge in [0.15, 0.2) is 0 Å². The first-order valence-electron chi connectivity index (χ1n) is 9.95. The van der Waals surface area contributed by atoms with Crippen LogP contribution in [0.4, 0.5) is 0 Å². The van der Waals surface area contributed by atoms with Gasteiger partial charge in [0.25, 0.3) is 5.91 Å². The largest absolute Gasteiger partial charge is 0.353 e. The van der Waals surface area contributed by atoms with Crippen molar-refractivity contribution in [1.82, 2.24) is 16.0 Å². The number of amides is 2. The van der Waals surface area contributed by atoms with E-state index in [0.29, 0.717) is 11.5 Å². The fourth-order valence-corrected chi connectivity index (χ4v) is 3.56. The van der Waals surface area contributed by atoms with E-state index in [-0.39, 0.29) is 30.3 Å². The SMILES string of the molecule is Cc1ccc(C(=O)NC(CC(=O)NC2CCNCC2C)c2ccccc2)cc1. The summed E-state index contributed by atoms with van der Waals surface area (Å²) in [5.74, 6) is 0.198. The molecule has 3 rings (SSSR count). The van der Waals surface area contributed by atoms with Gasteiger partial charge >= 0.3 is 0 Å². The fraction of sp³-hybridized carbons (Fsp3) is 0.391. The second kappa shape index (κ2) is 9.51. The van der Waals surface area contributed by atoms with Crippen LogP contribution in [0.25, 0.3) is 0 Å². The first-order chi connectivity index (χ1) is 13.5. The molecular formula is C23H29N3O2. The highest BCUT2D eigenvalue weighted by Crippen LogP contribution is 2.19. The molecule has 1 aliphatic rings. The summed E-state index contributed by atoms with van der Waals surface area (Å²) in [7, 11) is 0. The number of carbonyl (C=O) groups is 2. The van der Waals surface area contributed by atoms with Gasteiger partial charge in [-0.15, -0.1) is 0 Å². The van der Waals surface area contributed by atoms with Gasteiger partial charge in [0.2, 0.25) is 5.91 Å². The lowest BCUT2D eigenvalue weighted by atomic mass is 9.94. The van der Waals surface area contributed by atoms with E-state index in [2.05, 4.69) is 22.9 Å². The maximum Gasteiger partial charge on any atom is 0.251 e. The summed E-state index contributed by atoms with van der Waals surface area (Å²) < 4.78 is 0. The van der Waals surface area contributed by atoms with Gasteiger partial charge in [0.1, 0.15) is 0 Å². The zero-order chi connectivity index (χ0) is 19.9. The van der Waals surface area contributed by atoms with Crippen molar-refractivity contribution >= 4 is 11.8 Å². The predicted octanol–water partition coefficient (Wildman–Crippen LogP) is 2.97. The minimum atomic E-state index is -0.368. The summed E-state index contributed by atoms with van der Waals surface area (Å²) in [4.78, 5) is 25.4. The standard InChI is InChI=1S/C23H29N3O2/c1-16-8-10-19(11-9-16)23(28)26-21(18-6-4-3-5-7-18)14-22(27)25-20-12-13-24-15-17(20)2/h3-11,17,20-21,24H,12-15H2,1-2H3,(H,25,27)(H,26,28). The van der Waals surface area contributed by atoms with E-state index >= 15 is 0 Å². The second-order valence-electron chi connectivity index (χ2n) is 7.65. The molecular weight excluding hydrogens is 350 g/mol. The van der Waals surface area contributed by atoms with E-state index in [1.54, 1.807) is 0 Å². The van der Waals surface area contributed by atoms with Crippen LogP contribution in [0, 0.1) is 12.8 Å². The van der Waals surface area contributed by atoms with Crippen LogP contribution in [-0.4, -0.2) is 30.9 Å². The number of piperidine rings is 1. The van der Waals surface area contributed by atoms with Crippen molar-refractivity contribution < 1.29 is 9.59 Å². The molecule has 2 aromatic rings. The normalized spacial score (nSPS) is 20.2. The highest BCUT2D eigenvalue weighted by molar-refractivity contribution is 5.94. The summed E-state index contributed by atoms with van der Waals surface area (Å²) in [6.45, 7) is 5.96. The van der Waals surface area contributed by atoms with Crippen LogP contribution < -0.4 is 16.0 Å². The van der Waals surface area contributed by atoms with Crippen molar-refractivity contribution in [2.75, 3.05) is 13.1 Å². The highest BCUT2D eigenvalue weighted by Gasteiger charge is 2.25. The number of hydrogen-bond acceptors (Lipinski definition) is 3. The average molecular weight is 380 g/mol. The smallest absolute Gasteiger partial charge is 0.251 e. The predicted molar refractivity (Wildman–Crippen MR) is 111 cm³/mol. The third-order valence-electron chi connectivity index (χ3n) is 5.34. The molecule has 0 aromatic heterocycles. The number of aryl methyl sites for hydroxylation is 1. The lowest BCUT2D eigenvalue weighted by molar-refractivity contribution is -0.122. The molecule has 0 bridgehead atoms. The Balaban J connectivity index is 1.69. The topological polar surface area (TPSA) is 70.2 Å². The fourth-order valence-electron chi connectivity index (χ4n) is 3.56. The van der Waals surface area contributed by atoms with Crippen LogP contribution in [0.3, 0.4) is 0 Å². The molecule has 1 aliphatic heterocycles. The molecule has 0 radical (unpaired) electrons. The van der Waals surface area contributed by atoms with Crippen molar-refractivity contribution in [1.29, 1.82) is 0 Å². The molecule has 1 saturated heterocycles. The molecule has 0 saturated carbocycles. The minimum absolute atomic E-state index is 0.0307. The lowest BCUT2D eigenvalue weighted by Gasteiger charge is -2.31. The Morgan fingerprint density at radius 2 is 1.82 bits per heavy atom. The van der Waals surface area contributed by atoms with Gasteiger partial charge in [-0.3, -0.25) is 9.59 Å². The molecule has 5 nitrogen and oxygen atoms in total. The van der Waals surface area contributed by atoms with Crippen LogP contribution in [0.1, 0.15) is 47.3 Å². The van der Waals surface area contributed by atoms with Gasteiger partial charge < -0.3 is 16.0 Å². The molecule has 1 heterocycles. The van der Waals surface area contributed by atoms with Crippen LogP contribution in [0.2, 0.25) is 0 Å². The maximum absolute atomic E-state index is 12.7. The van der Waals surface area contributed by atoms with Crippen molar-refractivity contribution in [2.45, 2.75) is 38.8 Å². The summed E-state index contributed by atoms with van der Waals surface area (Å²) in [5.41, 5.74) is 2.63. The van der Waals surface area contributed by atoms with E-state index in [1.165, 1.54) is 0 Å². The van der Waals surface area contributed by atoms with Crippen LogP contribution >= 0.6 is 0 Å². The Bertz CT molecular complexity index is 789. The summed E-state index contributed by atoms with van der Waals surface area (Å²) >= 11 is 0. The Labute approximate surface area is 166 Å². The minimum Gasteiger partial charge on any atom is -0.353 e. The molecule has 5 heteroatoms. The molecule has 3 unspecified atom stereocenters. The second-order valence-corrected chi connectivity index (χ2v) is 7.65. The lowest BCUT2D eigenvalue weighted by Crippen LogP contribution is -2.49. The zero-order valence-corrected chi connectivity index (χ0v) is 16.6. The van der Waals surface area contributed by atoms with Crippen molar-refractivity contribution in [2.24, 2.45) is 5.92 Å². The molecule has 0 aliphatic carbocycles. The molecule has 0 spiro atoms. The Morgan fingerprint density at radius 3 is 2.50 bits per heavy atom. The number of hydrogen-bond donors (Lipinski definition) is 3. The van der Waals surface area contributed by atoms with Gasteiger partial charge in [-0.1, -0.05) is 55.0 Å². The van der Waals surface area contributed by atoms with Crippen molar-refractivity contribution in [3.63, 3.8) is 0 Å². The number of benzene rings is 2. The maximum atomic E-state index is 12.7.